The Hall–Kier alpha value is -4.18. The van der Waals surface area contributed by atoms with Crippen molar-refractivity contribution in [1.82, 2.24) is 19.9 Å². The Morgan fingerprint density at radius 1 is 1.12 bits per heavy atom. The van der Waals surface area contributed by atoms with Crippen LogP contribution in [0, 0.1) is 10.7 Å². The number of aromatic nitrogens is 3. The first-order valence-electron chi connectivity index (χ1n) is 10.8. The number of fused-ring (bicyclic) bond motifs is 1. The number of rotatable bonds is 6. The average molecular weight is 459 g/mol. The lowest BCUT2D eigenvalue weighted by Gasteiger charge is -2.34. The molecule has 4 heterocycles. The molecule has 0 saturated carbocycles. The Morgan fingerprint density at radius 2 is 1.97 bits per heavy atom. The number of hydrogen-bond acceptors (Lipinski definition) is 9. The Labute approximate surface area is 194 Å². The molecule has 1 aromatic carbocycles. The summed E-state index contributed by atoms with van der Waals surface area (Å²) in [5.74, 6) is 0.962. The molecule has 0 bridgehead atoms. The van der Waals surface area contributed by atoms with Crippen molar-refractivity contribution in [3.05, 3.63) is 71.1 Å². The molecule has 172 valence electrons. The number of benzene rings is 1. The van der Waals surface area contributed by atoms with Gasteiger partial charge in [-0.2, -0.15) is 0 Å². The highest BCUT2D eigenvalue weighted by Gasteiger charge is 2.20. The minimum Gasteiger partial charge on any atom is -0.436 e. The van der Waals surface area contributed by atoms with Crippen molar-refractivity contribution < 1.29 is 8.81 Å². The third-order valence-electron chi connectivity index (χ3n) is 5.65. The van der Waals surface area contributed by atoms with E-state index in [9.17, 15) is 4.91 Å². The van der Waals surface area contributed by atoms with E-state index in [1.165, 1.54) is 12.1 Å². The Morgan fingerprint density at radius 3 is 2.71 bits per heavy atom. The van der Waals surface area contributed by atoms with Crippen LogP contribution in [0.1, 0.15) is 11.6 Å². The van der Waals surface area contributed by atoms with Crippen LogP contribution >= 0.6 is 0 Å². The smallest absolute Gasteiger partial charge is 0.260 e. The van der Waals surface area contributed by atoms with Gasteiger partial charge in [0, 0.05) is 55.1 Å². The summed E-state index contributed by atoms with van der Waals surface area (Å²) in [6, 6.07) is 10.0. The molecule has 10 heteroatoms. The normalized spacial score (nSPS) is 14.7. The molecule has 0 unspecified atom stereocenters. The van der Waals surface area contributed by atoms with Crippen LogP contribution in [0.5, 0.6) is 0 Å². The lowest BCUT2D eigenvalue weighted by atomic mass is 10.1. The summed E-state index contributed by atoms with van der Waals surface area (Å²) in [5, 5.41) is 6.74. The van der Waals surface area contributed by atoms with Gasteiger partial charge in [0.25, 0.3) is 5.88 Å². The highest BCUT2D eigenvalue weighted by Crippen LogP contribution is 2.31. The van der Waals surface area contributed by atoms with Crippen molar-refractivity contribution in [2.24, 2.45) is 5.18 Å². The van der Waals surface area contributed by atoms with Gasteiger partial charge in [-0.3, -0.25) is 4.98 Å². The number of pyridine rings is 1. The van der Waals surface area contributed by atoms with E-state index < -0.39 is 0 Å². The maximum absolute atomic E-state index is 15.2. The SMILES string of the molecule is CN1CCN(c2cc3c(Nc4cccnc4)nc(/C=C/c4ccc(N=O)o4)nc3cc2F)CC1. The molecule has 1 saturated heterocycles. The zero-order chi connectivity index (χ0) is 23.5. The number of nitrogens with one attached hydrogen (secondary N) is 1. The largest absolute Gasteiger partial charge is 0.436 e. The summed E-state index contributed by atoms with van der Waals surface area (Å²) >= 11 is 0. The van der Waals surface area contributed by atoms with Gasteiger partial charge in [-0.1, -0.05) is 0 Å². The second-order valence-corrected chi connectivity index (χ2v) is 8.01. The third kappa shape index (κ3) is 4.62. The number of anilines is 3. The van der Waals surface area contributed by atoms with Crippen molar-refractivity contribution >= 4 is 46.1 Å². The molecule has 1 N–H and O–H groups in total. The molecular formula is C24H22FN7O2. The van der Waals surface area contributed by atoms with Crippen LogP contribution in [0.4, 0.5) is 27.5 Å². The number of furan rings is 1. The van der Waals surface area contributed by atoms with E-state index in [2.05, 4.69) is 37.4 Å². The van der Waals surface area contributed by atoms with Gasteiger partial charge in [-0.15, -0.1) is 4.91 Å². The highest BCUT2D eigenvalue weighted by molar-refractivity contribution is 5.94. The molecule has 0 amide bonds. The average Bonchev–Trinajstić information content (AvgIpc) is 3.32. The zero-order valence-corrected chi connectivity index (χ0v) is 18.5. The maximum Gasteiger partial charge on any atom is 0.260 e. The summed E-state index contributed by atoms with van der Waals surface area (Å²) in [5.41, 5.74) is 1.74. The van der Waals surface area contributed by atoms with Gasteiger partial charge in [-0.05, 0) is 43.5 Å². The van der Waals surface area contributed by atoms with E-state index >= 15 is 4.39 Å². The molecule has 0 atom stereocenters. The lowest BCUT2D eigenvalue weighted by molar-refractivity contribution is 0.312. The molecule has 1 aliphatic heterocycles. The molecule has 1 fully saturated rings. The summed E-state index contributed by atoms with van der Waals surface area (Å²) in [7, 11) is 2.06. The van der Waals surface area contributed by atoms with Gasteiger partial charge in [0.15, 0.2) is 5.82 Å². The van der Waals surface area contributed by atoms with E-state index in [0.717, 1.165) is 31.9 Å². The Kier molecular flexibility index (Phi) is 5.96. The van der Waals surface area contributed by atoms with Gasteiger partial charge in [0.1, 0.15) is 17.4 Å². The minimum atomic E-state index is -0.328. The van der Waals surface area contributed by atoms with Gasteiger partial charge in [0.2, 0.25) is 0 Å². The predicted molar refractivity (Wildman–Crippen MR) is 130 cm³/mol. The van der Waals surface area contributed by atoms with E-state index in [-0.39, 0.29) is 11.7 Å². The molecule has 5 rings (SSSR count). The van der Waals surface area contributed by atoms with Gasteiger partial charge < -0.3 is 19.5 Å². The van der Waals surface area contributed by atoms with Crippen LogP contribution in [-0.2, 0) is 0 Å². The molecule has 34 heavy (non-hydrogen) atoms. The predicted octanol–water partition coefficient (Wildman–Crippen LogP) is 4.82. The number of halogens is 1. The first-order chi connectivity index (χ1) is 16.6. The van der Waals surface area contributed by atoms with Crippen molar-refractivity contribution in [3.8, 4) is 0 Å². The molecule has 1 aliphatic rings. The fraction of sp³-hybridized carbons (Fsp3) is 0.208. The number of nitroso groups, excluding NO2 is 1. The van der Waals surface area contributed by atoms with Crippen molar-refractivity contribution in [2.45, 2.75) is 0 Å². The van der Waals surface area contributed by atoms with Crippen LogP contribution in [0.3, 0.4) is 0 Å². The van der Waals surface area contributed by atoms with E-state index in [0.29, 0.717) is 34.0 Å². The standard InChI is InChI=1S/C24H22FN7O2/c1-31-9-11-32(12-10-31)21-13-18-20(14-19(21)25)28-22(6-4-17-5-7-23(30-33)34-17)29-24(18)27-16-3-2-8-26-15-16/h2-8,13-15H,9-12H2,1H3,(H,27,28,29)/b6-4+. The Balaban J connectivity index is 1.56. The van der Waals surface area contributed by atoms with Gasteiger partial charge >= 0.3 is 0 Å². The first kappa shape index (κ1) is 21.7. The molecule has 0 spiro atoms. The topological polar surface area (TPSA) is 99.8 Å². The first-order valence-corrected chi connectivity index (χ1v) is 10.8. The number of likely N-dealkylation sites (N-methyl/N-ethyl adjacent to an activating group) is 1. The number of piperazine rings is 1. The van der Waals surface area contributed by atoms with Gasteiger partial charge in [0.05, 0.1) is 23.1 Å². The quantitative estimate of drug-likeness (QED) is 0.410. The maximum atomic E-state index is 15.2. The molecule has 0 aliphatic carbocycles. The van der Waals surface area contributed by atoms with Crippen molar-refractivity contribution in [3.63, 3.8) is 0 Å². The lowest BCUT2D eigenvalue weighted by Crippen LogP contribution is -2.44. The Bertz CT molecular complexity index is 1350. The zero-order valence-electron chi connectivity index (χ0n) is 18.5. The molecule has 3 aromatic heterocycles. The van der Waals surface area contributed by atoms with Crippen molar-refractivity contribution in [2.75, 3.05) is 43.4 Å². The summed E-state index contributed by atoms with van der Waals surface area (Å²) in [4.78, 5) is 28.2. The van der Waals surface area contributed by atoms with Crippen LogP contribution in [0.2, 0.25) is 0 Å². The molecule has 9 nitrogen and oxygen atoms in total. The van der Waals surface area contributed by atoms with Crippen molar-refractivity contribution in [1.29, 1.82) is 0 Å². The summed E-state index contributed by atoms with van der Waals surface area (Å²) in [6.45, 7) is 3.22. The van der Waals surface area contributed by atoms with Crippen LogP contribution in [0.15, 0.2) is 58.4 Å². The summed E-state index contributed by atoms with van der Waals surface area (Å²) < 4.78 is 20.4. The molecular weight excluding hydrogens is 437 g/mol. The second-order valence-electron chi connectivity index (χ2n) is 8.01. The van der Waals surface area contributed by atoms with Crippen LogP contribution in [-0.4, -0.2) is 53.1 Å². The van der Waals surface area contributed by atoms with E-state index in [1.54, 1.807) is 36.7 Å². The monoisotopic (exact) mass is 459 g/mol. The second kappa shape index (κ2) is 9.36. The minimum absolute atomic E-state index is 0.0171. The van der Waals surface area contributed by atoms with Crippen LogP contribution < -0.4 is 10.2 Å². The fourth-order valence-corrected chi connectivity index (χ4v) is 3.83. The number of nitrogens with zero attached hydrogens (tertiary/aromatic N) is 6. The van der Waals surface area contributed by atoms with E-state index in [1.807, 2.05) is 17.0 Å². The van der Waals surface area contributed by atoms with Crippen LogP contribution in [0.25, 0.3) is 23.1 Å². The highest BCUT2D eigenvalue weighted by atomic mass is 19.1. The third-order valence-corrected chi connectivity index (χ3v) is 5.65. The summed E-state index contributed by atoms with van der Waals surface area (Å²) in [6.07, 6.45) is 6.63. The van der Waals surface area contributed by atoms with Gasteiger partial charge in [-0.25, -0.2) is 14.4 Å². The number of hydrogen-bond donors (Lipinski definition) is 1. The van der Waals surface area contributed by atoms with E-state index in [4.69, 9.17) is 4.42 Å². The molecule has 4 aromatic rings. The molecule has 0 radical (unpaired) electrons. The fourth-order valence-electron chi connectivity index (χ4n) is 3.83.